The minimum atomic E-state index is -0.495. The normalized spacial score (nSPS) is 13.0. The number of aliphatic hydroxyl groups is 1. The number of rotatable bonds is 3. The van der Waals surface area contributed by atoms with Crippen LogP contribution < -0.4 is 0 Å². The fraction of sp³-hybridized carbons (Fsp3) is 0.300. The molecule has 4 heteroatoms. The molecule has 0 aliphatic carbocycles. The molecule has 0 aliphatic heterocycles. The first-order valence-electron chi connectivity index (χ1n) is 4.44. The monoisotopic (exact) mass is 208 g/mol. The van der Waals surface area contributed by atoms with Crippen molar-refractivity contribution in [1.29, 1.82) is 0 Å². The Balaban J connectivity index is 2.06. The Kier molecular flexibility index (Phi) is 2.65. The van der Waals surface area contributed by atoms with Gasteiger partial charge in [0.25, 0.3) is 0 Å². The lowest BCUT2D eigenvalue weighted by Gasteiger charge is -2.05. The molecule has 0 bridgehead atoms. The second-order valence-electron chi connectivity index (χ2n) is 3.27. The van der Waals surface area contributed by atoms with Crippen LogP contribution in [0.25, 0.3) is 0 Å². The summed E-state index contributed by atoms with van der Waals surface area (Å²) in [7, 11) is 1.85. The predicted molar refractivity (Wildman–Crippen MR) is 56.2 cm³/mol. The van der Waals surface area contributed by atoms with Crippen LogP contribution in [-0.2, 0) is 13.5 Å². The first-order chi connectivity index (χ1) is 6.75. The molecule has 1 atom stereocenters. The molecule has 0 aromatic carbocycles. The van der Waals surface area contributed by atoms with E-state index in [0.29, 0.717) is 6.42 Å². The minimum absolute atomic E-state index is 0.495. The topological polar surface area (TPSA) is 38.0 Å². The molecule has 2 rings (SSSR count). The van der Waals surface area contributed by atoms with Crippen LogP contribution in [0.15, 0.2) is 29.1 Å². The summed E-state index contributed by atoms with van der Waals surface area (Å²) in [6.07, 6.45) is 1.98. The quantitative estimate of drug-likeness (QED) is 0.834. The predicted octanol–water partition coefficient (Wildman–Crippen LogP) is 1.76. The highest BCUT2D eigenvalue weighted by molar-refractivity contribution is 7.07. The van der Waals surface area contributed by atoms with Crippen LogP contribution in [0, 0.1) is 0 Å². The molecule has 0 saturated heterocycles. The first kappa shape index (κ1) is 9.43. The summed E-state index contributed by atoms with van der Waals surface area (Å²) in [5.74, 6) is 0. The van der Waals surface area contributed by atoms with Gasteiger partial charge in [-0.05, 0) is 28.5 Å². The van der Waals surface area contributed by atoms with Crippen molar-refractivity contribution in [3.05, 3.63) is 40.3 Å². The summed E-state index contributed by atoms with van der Waals surface area (Å²) in [6, 6.07) is 3.87. The summed E-state index contributed by atoms with van der Waals surface area (Å²) in [6.45, 7) is 0. The molecule has 2 aromatic rings. The van der Waals surface area contributed by atoms with Gasteiger partial charge >= 0.3 is 0 Å². The van der Waals surface area contributed by atoms with Crippen molar-refractivity contribution in [2.24, 2.45) is 7.05 Å². The molecule has 1 N–H and O–H groups in total. The van der Waals surface area contributed by atoms with Gasteiger partial charge in [-0.25, -0.2) is 0 Å². The van der Waals surface area contributed by atoms with Gasteiger partial charge in [-0.15, -0.1) is 0 Å². The number of aryl methyl sites for hydroxylation is 1. The zero-order chi connectivity index (χ0) is 9.97. The second kappa shape index (κ2) is 3.94. The zero-order valence-corrected chi connectivity index (χ0v) is 8.74. The standard InChI is InChI=1S/C10H12N2OS/c1-12-4-2-9(11-12)10(13)6-8-3-5-14-7-8/h2-5,7,10,13H,6H2,1H3. The average Bonchev–Trinajstić information content (AvgIpc) is 2.75. The van der Waals surface area contributed by atoms with E-state index in [4.69, 9.17) is 0 Å². The van der Waals surface area contributed by atoms with Crippen molar-refractivity contribution in [2.75, 3.05) is 0 Å². The molecule has 74 valence electrons. The first-order valence-corrected chi connectivity index (χ1v) is 5.38. The lowest BCUT2D eigenvalue weighted by Crippen LogP contribution is -2.02. The molecule has 0 amide bonds. The van der Waals surface area contributed by atoms with Crippen LogP contribution >= 0.6 is 11.3 Å². The molecule has 1 unspecified atom stereocenters. The number of thiophene rings is 1. The summed E-state index contributed by atoms with van der Waals surface area (Å²) < 4.78 is 1.70. The number of nitrogens with zero attached hydrogens (tertiary/aromatic N) is 2. The van der Waals surface area contributed by atoms with Crippen LogP contribution in [-0.4, -0.2) is 14.9 Å². The van der Waals surface area contributed by atoms with Crippen LogP contribution in [0.3, 0.4) is 0 Å². The molecule has 2 aromatic heterocycles. The molecule has 0 fully saturated rings. The van der Waals surface area contributed by atoms with Gasteiger partial charge in [-0.1, -0.05) is 0 Å². The SMILES string of the molecule is Cn1ccc(C(O)Cc2ccsc2)n1. The maximum atomic E-state index is 9.83. The highest BCUT2D eigenvalue weighted by Gasteiger charge is 2.11. The average molecular weight is 208 g/mol. The fourth-order valence-electron chi connectivity index (χ4n) is 1.35. The molecule has 0 aliphatic rings. The number of aromatic nitrogens is 2. The lowest BCUT2D eigenvalue weighted by molar-refractivity contribution is 0.173. The Morgan fingerprint density at radius 3 is 3.00 bits per heavy atom. The van der Waals surface area contributed by atoms with Crippen LogP contribution in [0.5, 0.6) is 0 Å². The van der Waals surface area contributed by atoms with Crippen molar-refractivity contribution in [3.8, 4) is 0 Å². The Labute approximate surface area is 86.6 Å². The van der Waals surface area contributed by atoms with E-state index in [0.717, 1.165) is 11.3 Å². The van der Waals surface area contributed by atoms with Gasteiger partial charge < -0.3 is 5.11 Å². The van der Waals surface area contributed by atoms with Crippen molar-refractivity contribution in [1.82, 2.24) is 9.78 Å². The van der Waals surface area contributed by atoms with Crippen molar-refractivity contribution >= 4 is 11.3 Å². The molecule has 0 saturated carbocycles. The molecular formula is C10H12N2OS. The highest BCUT2D eigenvalue weighted by Crippen LogP contribution is 2.17. The van der Waals surface area contributed by atoms with Gasteiger partial charge in [0.15, 0.2) is 0 Å². The Morgan fingerprint density at radius 1 is 1.57 bits per heavy atom. The van der Waals surface area contributed by atoms with E-state index in [9.17, 15) is 5.11 Å². The second-order valence-corrected chi connectivity index (χ2v) is 4.05. The van der Waals surface area contributed by atoms with Gasteiger partial charge in [0.05, 0.1) is 5.69 Å². The molecule has 2 heterocycles. The Bertz CT molecular complexity index is 394. The zero-order valence-electron chi connectivity index (χ0n) is 7.92. The van der Waals surface area contributed by atoms with Crippen molar-refractivity contribution in [2.45, 2.75) is 12.5 Å². The number of hydrogen-bond donors (Lipinski definition) is 1. The van der Waals surface area contributed by atoms with Gasteiger partial charge in [0, 0.05) is 19.7 Å². The molecule has 0 spiro atoms. The van der Waals surface area contributed by atoms with Gasteiger partial charge in [0.1, 0.15) is 6.10 Å². The van der Waals surface area contributed by atoms with E-state index in [1.165, 1.54) is 0 Å². The van der Waals surface area contributed by atoms with E-state index in [1.54, 1.807) is 16.0 Å². The lowest BCUT2D eigenvalue weighted by atomic mass is 10.1. The van der Waals surface area contributed by atoms with Gasteiger partial charge in [0.2, 0.25) is 0 Å². The van der Waals surface area contributed by atoms with Crippen molar-refractivity contribution < 1.29 is 5.11 Å². The third-order valence-corrected chi connectivity index (χ3v) is 2.82. The van der Waals surface area contributed by atoms with Gasteiger partial charge in [-0.2, -0.15) is 16.4 Å². The molecular weight excluding hydrogens is 196 g/mol. The van der Waals surface area contributed by atoms with Gasteiger partial charge in [-0.3, -0.25) is 4.68 Å². The highest BCUT2D eigenvalue weighted by atomic mass is 32.1. The van der Waals surface area contributed by atoms with E-state index in [2.05, 4.69) is 5.10 Å². The van der Waals surface area contributed by atoms with E-state index in [-0.39, 0.29) is 0 Å². The van der Waals surface area contributed by atoms with Crippen LogP contribution in [0.1, 0.15) is 17.4 Å². The Morgan fingerprint density at radius 2 is 2.43 bits per heavy atom. The maximum Gasteiger partial charge on any atom is 0.102 e. The van der Waals surface area contributed by atoms with Crippen LogP contribution in [0.2, 0.25) is 0 Å². The summed E-state index contributed by atoms with van der Waals surface area (Å²) in [5, 5.41) is 18.1. The smallest absolute Gasteiger partial charge is 0.102 e. The molecule has 0 radical (unpaired) electrons. The fourth-order valence-corrected chi connectivity index (χ4v) is 2.03. The molecule has 3 nitrogen and oxygen atoms in total. The van der Waals surface area contributed by atoms with E-state index in [1.807, 2.05) is 36.1 Å². The summed E-state index contributed by atoms with van der Waals surface area (Å²) in [5.41, 5.74) is 1.90. The third-order valence-electron chi connectivity index (χ3n) is 2.08. The number of hydrogen-bond acceptors (Lipinski definition) is 3. The van der Waals surface area contributed by atoms with Crippen LogP contribution in [0.4, 0.5) is 0 Å². The minimum Gasteiger partial charge on any atom is -0.386 e. The van der Waals surface area contributed by atoms with E-state index >= 15 is 0 Å². The van der Waals surface area contributed by atoms with E-state index < -0.39 is 6.10 Å². The third kappa shape index (κ3) is 2.02. The Hall–Kier alpha value is -1.13. The summed E-state index contributed by atoms with van der Waals surface area (Å²) in [4.78, 5) is 0. The molecule has 14 heavy (non-hydrogen) atoms. The summed E-state index contributed by atoms with van der Waals surface area (Å²) >= 11 is 1.65. The number of aliphatic hydroxyl groups excluding tert-OH is 1. The largest absolute Gasteiger partial charge is 0.386 e. The maximum absolute atomic E-state index is 9.83. The van der Waals surface area contributed by atoms with Crippen molar-refractivity contribution in [3.63, 3.8) is 0 Å².